The molecular formula is C12H10NOS. The minimum absolute atomic E-state index is 0.103. The number of benzene rings is 1. The van der Waals surface area contributed by atoms with Crippen LogP contribution < -0.4 is 5.32 Å². The van der Waals surface area contributed by atoms with E-state index in [0.29, 0.717) is 4.88 Å². The molecule has 1 amide bonds. The molecule has 0 fully saturated rings. The zero-order valence-electron chi connectivity index (χ0n) is 8.28. The van der Waals surface area contributed by atoms with E-state index in [1.54, 1.807) is 6.07 Å². The Labute approximate surface area is 92.6 Å². The number of nitrogens with one attached hydrogen (secondary N) is 1. The molecular weight excluding hydrogens is 206 g/mol. The summed E-state index contributed by atoms with van der Waals surface area (Å²) in [7, 11) is 0. The van der Waals surface area contributed by atoms with E-state index in [-0.39, 0.29) is 5.91 Å². The van der Waals surface area contributed by atoms with E-state index < -0.39 is 0 Å². The van der Waals surface area contributed by atoms with Gasteiger partial charge in [-0.2, -0.15) is 0 Å². The van der Waals surface area contributed by atoms with Gasteiger partial charge in [0.15, 0.2) is 0 Å². The SMILES string of the molecule is Cc1ccc(NC(=O)c2[c]ccs2)cc1. The van der Waals surface area contributed by atoms with Gasteiger partial charge >= 0.3 is 0 Å². The molecule has 1 aromatic heterocycles. The molecule has 0 atom stereocenters. The molecule has 2 rings (SSSR count). The summed E-state index contributed by atoms with van der Waals surface area (Å²) in [4.78, 5) is 12.2. The Balaban J connectivity index is 2.09. The minimum Gasteiger partial charge on any atom is -0.321 e. The molecule has 2 nitrogen and oxygen atoms in total. The number of anilines is 1. The number of hydrogen-bond donors (Lipinski definition) is 1. The molecule has 0 aliphatic rings. The average Bonchev–Trinajstić information content (AvgIpc) is 2.74. The molecule has 15 heavy (non-hydrogen) atoms. The highest BCUT2D eigenvalue weighted by Crippen LogP contribution is 2.13. The molecule has 1 N–H and O–H groups in total. The Bertz CT molecular complexity index is 445. The lowest BCUT2D eigenvalue weighted by atomic mass is 10.2. The van der Waals surface area contributed by atoms with Crippen LogP contribution in [0.2, 0.25) is 0 Å². The summed E-state index contributed by atoms with van der Waals surface area (Å²) in [5.41, 5.74) is 1.99. The summed E-state index contributed by atoms with van der Waals surface area (Å²) in [6.45, 7) is 2.01. The molecule has 0 aliphatic carbocycles. The second-order valence-electron chi connectivity index (χ2n) is 3.21. The maximum atomic E-state index is 11.6. The van der Waals surface area contributed by atoms with E-state index in [1.165, 1.54) is 16.9 Å². The number of carbonyl (C=O) groups excluding carboxylic acids is 1. The maximum Gasteiger partial charge on any atom is 0.266 e. The Morgan fingerprint density at radius 2 is 2.07 bits per heavy atom. The first-order valence-electron chi connectivity index (χ1n) is 4.59. The van der Waals surface area contributed by atoms with Crippen molar-refractivity contribution < 1.29 is 4.79 Å². The fourth-order valence-corrected chi connectivity index (χ4v) is 1.76. The number of aryl methyl sites for hydroxylation is 1. The van der Waals surface area contributed by atoms with Gasteiger partial charge in [0.2, 0.25) is 0 Å². The van der Waals surface area contributed by atoms with Crippen molar-refractivity contribution >= 4 is 22.9 Å². The normalized spacial score (nSPS) is 9.93. The smallest absolute Gasteiger partial charge is 0.266 e. The fourth-order valence-electron chi connectivity index (χ4n) is 1.19. The number of rotatable bonds is 2. The highest BCUT2D eigenvalue weighted by molar-refractivity contribution is 7.12. The summed E-state index contributed by atoms with van der Waals surface area (Å²) in [6, 6.07) is 12.3. The summed E-state index contributed by atoms with van der Waals surface area (Å²) in [6.07, 6.45) is 0. The molecule has 1 radical (unpaired) electrons. The van der Waals surface area contributed by atoms with E-state index in [9.17, 15) is 4.79 Å². The Kier molecular flexibility index (Phi) is 2.83. The van der Waals surface area contributed by atoms with Crippen molar-refractivity contribution in [2.45, 2.75) is 6.92 Å². The molecule has 0 bridgehead atoms. The lowest BCUT2D eigenvalue weighted by molar-refractivity contribution is 0.103. The van der Waals surface area contributed by atoms with Crippen molar-refractivity contribution in [2.24, 2.45) is 0 Å². The van der Waals surface area contributed by atoms with Gasteiger partial charge in [0, 0.05) is 11.8 Å². The topological polar surface area (TPSA) is 29.1 Å². The zero-order valence-corrected chi connectivity index (χ0v) is 9.10. The average molecular weight is 216 g/mol. The summed E-state index contributed by atoms with van der Waals surface area (Å²) in [5.74, 6) is -0.103. The van der Waals surface area contributed by atoms with Crippen LogP contribution in [0.4, 0.5) is 5.69 Å². The Morgan fingerprint density at radius 3 is 2.67 bits per heavy atom. The van der Waals surface area contributed by atoms with Crippen molar-refractivity contribution in [1.29, 1.82) is 0 Å². The molecule has 0 unspecified atom stereocenters. The van der Waals surface area contributed by atoms with Crippen molar-refractivity contribution in [3.05, 3.63) is 52.2 Å². The molecule has 1 heterocycles. The quantitative estimate of drug-likeness (QED) is 0.821. The third-order valence-electron chi connectivity index (χ3n) is 1.98. The molecule has 2 aromatic rings. The predicted molar refractivity (Wildman–Crippen MR) is 62.3 cm³/mol. The van der Waals surface area contributed by atoms with E-state index in [4.69, 9.17) is 0 Å². The van der Waals surface area contributed by atoms with E-state index in [0.717, 1.165) is 5.69 Å². The number of hydrogen-bond acceptors (Lipinski definition) is 2. The Morgan fingerprint density at radius 1 is 1.33 bits per heavy atom. The van der Waals surface area contributed by atoms with Crippen LogP contribution in [0.5, 0.6) is 0 Å². The largest absolute Gasteiger partial charge is 0.321 e. The van der Waals surface area contributed by atoms with Gasteiger partial charge in [0.1, 0.15) is 4.88 Å². The van der Waals surface area contributed by atoms with Crippen LogP contribution in [0.1, 0.15) is 15.2 Å². The molecule has 3 heteroatoms. The number of thiophene rings is 1. The lowest BCUT2D eigenvalue weighted by Gasteiger charge is -2.03. The predicted octanol–water partition coefficient (Wildman–Crippen LogP) is 3.11. The second-order valence-corrected chi connectivity index (χ2v) is 4.13. The first-order chi connectivity index (χ1) is 7.25. The first-order valence-corrected chi connectivity index (χ1v) is 5.47. The second kappa shape index (κ2) is 4.28. The third-order valence-corrected chi connectivity index (χ3v) is 2.80. The number of amides is 1. The fraction of sp³-hybridized carbons (Fsp3) is 0.0833. The molecule has 1 aromatic carbocycles. The van der Waals surface area contributed by atoms with Crippen LogP contribution in [0.15, 0.2) is 35.7 Å². The molecule has 0 spiro atoms. The van der Waals surface area contributed by atoms with Gasteiger partial charge in [-0.05, 0) is 30.5 Å². The molecule has 75 valence electrons. The van der Waals surface area contributed by atoms with Crippen LogP contribution >= 0.6 is 11.3 Å². The maximum absolute atomic E-state index is 11.6. The van der Waals surface area contributed by atoms with Gasteiger partial charge < -0.3 is 5.32 Å². The van der Waals surface area contributed by atoms with Crippen LogP contribution in [0.25, 0.3) is 0 Å². The van der Waals surface area contributed by atoms with Gasteiger partial charge in [0.05, 0.1) is 0 Å². The third kappa shape index (κ3) is 2.44. The number of carbonyl (C=O) groups is 1. The summed E-state index contributed by atoms with van der Waals surface area (Å²) >= 11 is 1.39. The van der Waals surface area contributed by atoms with Gasteiger partial charge in [-0.1, -0.05) is 17.7 Å². The highest BCUT2D eigenvalue weighted by Gasteiger charge is 2.06. The van der Waals surface area contributed by atoms with Crippen LogP contribution in [0, 0.1) is 13.0 Å². The molecule has 0 saturated carbocycles. The molecule has 0 aliphatic heterocycles. The van der Waals surface area contributed by atoms with Gasteiger partial charge in [0.25, 0.3) is 5.91 Å². The lowest BCUT2D eigenvalue weighted by Crippen LogP contribution is -2.09. The van der Waals surface area contributed by atoms with E-state index >= 15 is 0 Å². The molecule has 0 saturated heterocycles. The van der Waals surface area contributed by atoms with Gasteiger partial charge in [-0.15, -0.1) is 11.3 Å². The van der Waals surface area contributed by atoms with Crippen molar-refractivity contribution in [2.75, 3.05) is 5.32 Å². The van der Waals surface area contributed by atoms with Gasteiger partial charge in [-0.25, -0.2) is 0 Å². The zero-order chi connectivity index (χ0) is 10.7. The van der Waals surface area contributed by atoms with Crippen LogP contribution in [-0.2, 0) is 0 Å². The van der Waals surface area contributed by atoms with E-state index in [1.807, 2.05) is 36.6 Å². The van der Waals surface area contributed by atoms with Crippen LogP contribution in [-0.4, -0.2) is 5.91 Å². The van der Waals surface area contributed by atoms with Gasteiger partial charge in [-0.3, -0.25) is 4.79 Å². The van der Waals surface area contributed by atoms with E-state index in [2.05, 4.69) is 11.4 Å². The van der Waals surface area contributed by atoms with Crippen LogP contribution in [0.3, 0.4) is 0 Å². The monoisotopic (exact) mass is 216 g/mol. The first kappa shape index (κ1) is 9.93. The summed E-state index contributed by atoms with van der Waals surface area (Å²) < 4.78 is 0. The Hall–Kier alpha value is -1.61. The standard InChI is InChI=1S/C12H10NOS/c1-9-4-6-10(7-5-9)13-12(14)11-3-2-8-15-11/h2,4-8H,1H3,(H,13,14). The minimum atomic E-state index is -0.103. The highest BCUT2D eigenvalue weighted by atomic mass is 32.1. The van der Waals surface area contributed by atoms with Crippen molar-refractivity contribution in [3.8, 4) is 0 Å². The van der Waals surface area contributed by atoms with Crippen molar-refractivity contribution in [1.82, 2.24) is 0 Å². The summed E-state index contributed by atoms with van der Waals surface area (Å²) in [5, 5.41) is 4.65. The van der Waals surface area contributed by atoms with Crippen molar-refractivity contribution in [3.63, 3.8) is 0 Å².